The molecule has 1 heterocycles. The standard InChI is InChI=1S/C14H20N2O3S/c1-7-8(2)20-13(15-7)14(3,4)16-11(17)9-6-10(9)12(18)19-5/h9-10H,6H2,1-5H3,(H,16,17)/t9-,10+/m1/s1. The number of nitrogens with zero attached hydrogens (tertiary/aromatic N) is 1. The Morgan fingerprint density at radius 1 is 1.35 bits per heavy atom. The van der Waals surface area contributed by atoms with Crippen LogP contribution in [-0.2, 0) is 19.9 Å². The first-order chi connectivity index (χ1) is 9.26. The Morgan fingerprint density at radius 3 is 2.50 bits per heavy atom. The van der Waals surface area contributed by atoms with Crippen LogP contribution in [0.2, 0.25) is 0 Å². The lowest BCUT2D eigenvalue weighted by molar-refractivity contribution is -0.143. The number of carbonyl (C=O) groups excluding carboxylic acids is 2. The van der Waals surface area contributed by atoms with Gasteiger partial charge in [0.1, 0.15) is 5.01 Å². The molecule has 1 aliphatic rings. The third-order valence-electron chi connectivity index (χ3n) is 3.63. The third-order valence-corrected chi connectivity index (χ3v) is 5.03. The molecule has 1 aliphatic carbocycles. The molecule has 0 aromatic carbocycles. The molecule has 6 heteroatoms. The number of hydrogen-bond donors (Lipinski definition) is 1. The summed E-state index contributed by atoms with van der Waals surface area (Å²) < 4.78 is 4.66. The van der Waals surface area contributed by atoms with Gasteiger partial charge >= 0.3 is 5.97 Å². The van der Waals surface area contributed by atoms with Crippen molar-refractivity contribution in [1.82, 2.24) is 10.3 Å². The fourth-order valence-electron chi connectivity index (χ4n) is 2.09. The van der Waals surface area contributed by atoms with Crippen LogP contribution >= 0.6 is 11.3 Å². The molecule has 110 valence electrons. The van der Waals surface area contributed by atoms with Crippen LogP contribution in [0.15, 0.2) is 0 Å². The number of methoxy groups -OCH3 is 1. The van der Waals surface area contributed by atoms with Crippen LogP contribution in [0.4, 0.5) is 0 Å². The Hall–Kier alpha value is -1.43. The van der Waals surface area contributed by atoms with Crippen molar-refractivity contribution in [1.29, 1.82) is 0 Å². The first-order valence-electron chi connectivity index (χ1n) is 6.60. The first kappa shape index (κ1) is 15.0. The highest BCUT2D eigenvalue weighted by molar-refractivity contribution is 7.11. The quantitative estimate of drug-likeness (QED) is 0.862. The van der Waals surface area contributed by atoms with Crippen LogP contribution < -0.4 is 5.32 Å². The molecule has 1 aromatic rings. The van der Waals surface area contributed by atoms with E-state index in [9.17, 15) is 9.59 Å². The van der Waals surface area contributed by atoms with Crippen molar-refractivity contribution in [2.24, 2.45) is 11.8 Å². The first-order valence-corrected chi connectivity index (χ1v) is 7.42. The number of aromatic nitrogens is 1. The number of esters is 1. The van der Waals surface area contributed by atoms with Crippen LogP contribution in [0.1, 0.15) is 35.8 Å². The average Bonchev–Trinajstić information content (AvgIpc) is 3.10. The van der Waals surface area contributed by atoms with Crippen LogP contribution in [-0.4, -0.2) is 24.0 Å². The highest BCUT2D eigenvalue weighted by Gasteiger charge is 2.50. The molecule has 1 saturated carbocycles. The van der Waals surface area contributed by atoms with Gasteiger partial charge in [-0.1, -0.05) is 0 Å². The normalized spacial score (nSPS) is 21.4. The summed E-state index contributed by atoms with van der Waals surface area (Å²) in [5, 5.41) is 3.87. The molecule has 2 atom stereocenters. The predicted molar refractivity (Wildman–Crippen MR) is 76.4 cm³/mol. The molecule has 5 nitrogen and oxygen atoms in total. The number of hydrogen-bond acceptors (Lipinski definition) is 5. The maximum atomic E-state index is 12.2. The second kappa shape index (κ2) is 5.16. The lowest BCUT2D eigenvalue weighted by Gasteiger charge is -2.24. The summed E-state index contributed by atoms with van der Waals surface area (Å²) in [5.41, 5.74) is 0.468. The number of amides is 1. The zero-order valence-electron chi connectivity index (χ0n) is 12.4. The predicted octanol–water partition coefficient (Wildman–Crippen LogP) is 1.92. The van der Waals surface area contributed by atoms with Gasteiger partial charge < -0.3 is 10.1 Å². The second-order valence-electron chi connectivity index (χ2n) is 5.75. The number of ether oxygens (including phenoxy) is 1. The molecule has 1 N–H and O–H groups in total. The smallest absolute Gasteiger partial charge is 0.309 e. The van der Waals surface area contributed by atoms with E-state index in [4.69, 9.17) is 0 Å². The van der Waals surface area contributed by atoms with Crippen LogP contribution in [0, 0.1) is 25.7 Å². The van der Waals surface area contributed by atoms with Crippen molar-refractivity contribution >= 4 is 23.2 Å². The molecule has 1 amide bonds. The number of carbonyl (C=O) groups is 2. The SMILES string of the molecule is COC(=O)[C@H]1C[C@H]1C(=O)NC(C)(C)c1nc(C)c(C)s1. The average molecular weight is 296 g/mol. The minimum Gasteiger partial charge on any atom is -0.469 e. The fraction of sp³-hybridized carbons (Fsp3) is 0.643. The largest absolute Gasteiger partial charge is 0.469 e. The van der Waals surface area contributed by atoms with Crippen molar-refractivity contribution in [2.75, 3.05) is 7.11 Å². The van der Waals surface area contributed by atoms with Crippen molar-refractivity contribution in [2.45, 2.75) is 39.7 Å². The highest BCUT2D eigenvalue weighted by Crippen LogP contribution is 2.40. The Bertz CT molecular complexity index is 531. The molecule has 0 unspecified atom stereocenters. The van der Waals surface area contributed by atoms with Crippen molar-refractivity contribution < 1.29 is 14.3 Å². The molecular weight excluding hydrogens is 276 g/mol. The van der Waals surface area contributed by atoms with E-state index in [0.29, 0.717) is 6.42 Å². The summed E-state index contributed by atoms with van der Waals surface area (Å²) in [5.74, 6) is -0.945. The van der Waals surface area contributed by atoms with E-state index in [0.717, 1.165) is 15.6 Å². The van der Waals surface area contributed by atoms with Gasteiger partial charge in [0.15, 0.2) is 0 Å². The molecule has 2 rings (SSSR count). The van der Waals surface area contributed by atoms with Gasteiger partial charge in [0, 0.05) is 4.88 Å². The van der Waals surface area contributed by atoms with Gasteiger partial charge in [0.25, 0.3) is 0 Å². The molecule has 20 heavy (non-hydrogen) atoms. The van der Waals surface area contributed by atoms with Crippen molar-refractivity contribution in [3.8, 4) is 0 Å². The summed E-state index contributed by atoms with van der Waals surface area (Å²) in [6.45, 7) is 7.83. The molecule has 0 aliphatic heterocycles. The number of thiazole rings is 1. The Morgan fingerprint density at radius 2 is 2.00 bits per heavy atom. The van der Waals surface area contributed by atoms with Gasteiger partial charge in [0.2, 0.25) is 5.91 Å². The minimum absolute atomic E-state index is 0.101. The van der Waals surface area contributed by atoms with E-state index in [-0.39, 0.29) is 23.7 Å². The fourth-order valence-corrected chi connectivity index (χ4v) is 3.06. The molecule has 1 aromatic heterocycles. The minimum atomic E-state index is -0.524. The third kappa shape index (κ3) is 2.85. The monoisotopic (exact) mass is 296 g/mol. The number of aryl methyl sites for hydroxylation is 2. The molecule has 1 fully saturated rings. The second-order valence-corrected chi connectivity index (χ2v) is 6.95. The van der Waals surface area contributed by atoms with Crippen molar-refractivity contribution in [3.05, 3.63) is 15.6 Å². The summed E-state index contributed by atoms with van der Waals surface area (Å²) >= 11 is 1.59. The summed E-state index contributed by atoms with van der Waals surface area (Å²) in [4.78, 5) is 29.2. The zero-order valence-corrected chi connectivity index (χ0v) is 13.3. The molecule has 0 bridgehead atoms. The van der Waals surface area contributed by atoms with E-state index >= 15 is 0 Å². The zero-order chi connectivity index (χ0) is 15.1. The van der Waals surface area contributed by atoms with Crippen LogP contribution in [0.25, 0.3) is 0 Å². The maximum Gasteiger partial charge on any atom is 0.309 e. The van der Waals surface area contributed by atoms with E-state index in [1.807, 2.05) is 27.7 Å². The Kier molecular flexibility index (Phi) is 3.86. The van der Waals surface area contributed by atoms with E-state index in [1.165, 1.54) is 7.11 Å². The molecule has 0 radical (unpaired) electrons. The van der Waals surface area contributed by atoms with E-state index in [1.54, 1.807) is 11.3 Å². The molecule has 0 saturated heterocycles. The topological polar surface area (TPSA) is 68.3 Å². The van der Waals surface area contributed by atoms with Gasteiger partial charge in [-0.05, 0) is 34.1 Å². The number of rotatable bonds is 4. The van der Waals surface area contributed by atoms with Gasteiger partial charge in [-0.2, -0.15) is 0 Å². The van der Waals surface area contributed by atoms with Gasteiger partial charge in [-0.15, -0.1) is 11.3 Å². The Labute approximate surface area is 122 Å². The maximum absolute atomic E-state index is 12.2. The van der Waals surface area contributed by atoms with Crippen molar-refractivity contribution in [3.63, 3.8) is 0 Å². The number of nitrogens with one attached hydrogen (secondary N) is 1. The van der Waals surface area contributed by atoms with E-state index in [2.05, 4.69) is 15.0 Å². The lowest BCUT2D eigenvalue weighted by atomic mass is 10.1. The summed E-state index contributed by atoms with van der Waals surface area (Å²) in [7, 11) is 1.35. The van der Waals surface area contributed by atoms with Crippen LogP contribution in [0.5, 0.6) is 0 Å². The molecular formula is C14H20N2O3S. The van der Waals surface area contributed by atoms with Gasteiger partial charge in [-0.3, -0.25) is 9.59 Å². The highest BCUT2D eigenvalue weighted by atomic mass is 32.1. The van der Waals surface area contributed by atoms with Gasteiger partial charge in [-0.25, -0.2) is 4.98 Å². The molecule has 0 spiro atoms. The van der Waals surface area contributed by atoms with E-state index < -0.39 is 5.54 Å². The lowest BCUT2D eigenvalue weighted by Crippen LogP contribution is -2.42. The summed E-state index contributed by atoms with van der Waals surface area (Å²) in [6.07, 6.45) is 0.574. The van der Waals surface area contributed by atoms with Crippen LogP contribution in [0.3, 0.4) is 0 Å². The Balaban J connectivity index is 2.02. The van der Waals surface area contributed by atoms with Gasteiger partial charge in [0.05, 0.1) is 30.2 Å². The summed E-state index contributed by atoms with van der Waals surface area (Å²) in [6, 6.07) is 0.